The molecule has 10 nitrogen and oxygen atoms in total. The van der Waals surface area contributed by atoms with Crippen molar-refractivity contribution in [1.29, 1.82) is 0 Å². The van der Waals surface area contributed by atoms with Gasteiger partial charge in [-0.25, -0.2) is 9.97 Å². The van der Waals surface area contributed by atoms with Crippen molar-refractivity contribution >= 4 is 11.8 Å². The molecule has 1 aliphatic rings. The highest BCUT2D eigenvalue weighted by Crippen LogP contribution is 2.25. The Labute approximate surface area is 142 Å². The molecule has 10 heteroatoms. The smallest absolute Gasteiger partial charge is 0.433 e. The van der Waals surface area contributed by atoms with Crippen molar-refractivity contribution in [2.75, 3.05) is 20.2 Å². The van der Waals surface area contributed by atoms with Gasteiger partial charge < -0.3 is 18.8 Å². The van der Waals surface area contributed by atoms with Crippen LogP contribution in [0, 0.1) is 10.1 Å². The summed E-state index contributed by atoms with van der Waals surface area (Å²) in [6.45, 7) is 0.831. The molecule has 2 aromatic heterocycles. The molecule has 132 valence electrons. The fourth-order valence-electron chi connectivity index (χ4n) is 2.61. The Morgan fingerprint density at radius 3 is 2.80 bits per heavy atom. The standard InChI is InChI=1S/C15H16N4O6/c1-23-13-14(17-7-6-16-13)24-10-3-2-8-18(9-10)15(20)11-4-5-12(25-11)19(21)22/h4-7,10H,2-3,8-9H2,1H3. The van der Waals surface area contributed by atoms with E-state index in [0.717, 1.165) is 18.9 Å². The van der Waals surface area contributed by atoms with Gasteiger partial charge in [0.25, 0.3) is 17.7 Å². The van der Waals surface area contributed by atoms with Crippen molar-refractivity contribution in [1.82, 2.24) is 14.9 Å². The molecule has 1 aliphatic heterocycles. The van der Waals surface area contributed by atoms with Gasteiger partial charge in [-0.2, -0.15) is 0 Å². The first kappa shape index (κ1) is 16.7. The Bertz CT molecular complexity index is 777. The van der Waals surface area contributed by atoms with E-state index in [0.29, 0.717) is 13.1 Å². The Morgan fingerprint density at radius 1 is 1.36 bits per heavy atom. The molecule has 1 unspecified atom stereocenters. The third-order valence-electron chi connectivity index (χ3n) is 3.75. The Balaban J connectivity index is 1.68. The number of hydrogen-bond donors (Lipinski definition) is 0. The van der Waals surface area contributed by atoms with Crippen LogP contribution in [0.1, 0.15) is 23.4 Å². The van der Waals surface area contributed by atoms with Gasteiger partial charge in [0.15, 0.2) is 5.76 Å². The average molecular weight is 348 g/mol. The number of furan rings is 1. The summed E-state index contributed by atoms with van der Waals surface area (Å²) >= 11 is 0. The summed E-state index contributed by atoms with van der Waals surface area (Å²) in [5.41, 5.74) is 0. The number of amides is 1. The predicted octanol–water partition coefficient (Wildman–Crippen LogP) is 1.67. The molecule has 3 rings (SSSR count). The van der Waals surface area contributed by atoms with Crippen LogP contribution in [0.4, 0.5) is 5.88 Å². The minimum atomic E-state index is -0.681. The third kappa shape index (κ3) is 3.67. The molecule has 25 heavy (non-hydrogen) atoms. The highest BCUT2D eigenvalue weighted by molar-refractivity contribution is 5.91. The second-order valence-corrected chi connectivity index (χ2v) is 5.40. The predicted molar refractivity (Wildman–Crippen MR) is 83.5 cm³/mol. The number of nitrogens with zero attached hydrogens (tertiary/aromatic N) is 4. The summed E-state index contributed by atoms with van der Waals surface area (Å²) in [6.07, 6.45) is 4.16. The first-order chi connectivity index (χ1) is 12.1. The number of likely N-dealkylation sites (tertiary alicyclic amines) is 1. The minimum Gasteiger partial charge on any atom is -0.477 e. The molecule has 2 aromatic rings. The minimum absolute atomic E-state index is 0.0653. The maximum absolute atomic E-state index is 12.5. The lowest BCUT2D eigenvalue weighted by Crippen LogP contribution is -2.44. The van der Waals surface area contributed by atoms with Crippen molar-refractivity contribution < 1.29 is 23.6 Å². The van der Waals surface area contributed by atoms with E-state index in [4.69, 9.17) is 13.9 Å². The summed E-state index contributed by atoms with van der Waals surface area (Å²) < 4.78 is 15.9. The summed E-state index contributed by atoms with van der Waals surface area (Å²) in [5.74, 6) is -0.403. The van der Waals surface area contributed by atoms with Crippen LogP contribution in [0.15, 0.2) is 28.9 Å². The number of methoxy groups -OCH3 is 1. The molecule has 0 bridgehead atoms. The van der Waals surface area contributed by atoms with Crippen LogP contribution in [0.5, 0.6) is 11.8 Å². The highest BCUT2D eigenvalue weighted by atomic mass is 16.6. The summed E-state index contributed by atoms with van der Waals surface area (Å²) in [4.78, 5) is 32.1. The Kier molecular flexibility index (Phi) is 4.78. The van der Waals surface area contributed by atoms with E-state index in [2.05, 4.69) is 9.97 Å². The monoisotopic (exact) mass is 348 g/mol. The summed E-state index contributed by atoms with van der Waals surface area (Å²) in [5, 5.41) is 10.7. The highest BCUT2D eigenvalue weighted by Gasteiger charge is 2.29. The first-order valence-electron chi connectivity index (χ1n) is 7.63. The van der Waals surface area contributed by atoms with Crippen LogP contribution < -0.4 is 9.47 Å². The lowest BCUT2D eigenvalue weighted by Gasteiger charge is -2.32. The molecular weight excluding hydrogens is 332 g/mol. The zero-order valence-electron chi connectivity index (χ0n) is 13.5. The van der Waals surface area contributed by atoms with Gasteiger partial charge >= 0.3 is 5.88 Å². The molecule has 0 aromatic carbocycles. The number of carbonyl (C=O) groups excluding carboxylic acids is 1. The third-order valence-corrected chi connectivity index (χ3v) is 3.75. The van der Waals surface area contributed by atoms with Crippen molar-refractivity contribution in [3.63, 3.8) is 0 Å². The number of hydrogen-bond acceptors (Lipinski definition) is 8. The molecule has 0 radical (unpaired) electrons. The molecule has 1 saturated heterocycles. The van der Waals surface area contributed by atoms with Crippen molar-refractivity contribution in [2.24, 2.45) is 0 Å². The van der Waals surface area contributed by atoms with Gasteiger partial charge in [-0.3, -0.25) is 14.9 Å². The fourth-order valence-corrected chi connectivity index (χ4v) is 2.61. The van der Waals surface area contributed by atoms with Gasteiger partial charge in [0.1, 0.15) is 11.0 Å². The Morgan fingerprint density at radius 2 is 2.12 bits per heavy atom. The van der Waals surface area contributed by atoms with E-state index >= 15 is 0 Å². The van der Waals surface area contributed by atoms with Gasteiger partial charge in [-0.1, -0.05) is 0 Å². The lowest BCUT2D eigenvalue weighted by molar-refractivity contribution is -0.402. The van der Waals surface area contributed by atoms with E-state index in [1.807, 2.05) is 0 Å². The number of aromatic nitrogens is 2. The van der Waals surface area contributed by atoms with E-state index in [-0.39, 0.29) is 23.6 Å². The molecule has 3 heterocycles. The van der Waals surface area contributed by atoms with E-state index in [9.17, 15) is 14.9 Å². The molecule has 1 amide bonds. The van der Waals surface area contributed by atoms with Crippen LogP contribution in [0.25, 0.3) is 0 Å². The molecule has 1 atom stereocenters. The molecule has 0 spiro atoms. The van der Waals surface area contributed by atoms with Crippen molar-refractivity contribution in [3.8, 4) is 11.8 Å². The molecule has 1 fully saturated rings. The summed E-state index contributed by atoms with van der Waals surface area (Å²) in [6, 6.07) is 2.46. The lowest BCUT2D eigenvalue weighted by atomic mass is 10.1. The van der Waals surface area contributed by atoms with Crippen LogP contribution in [0.2, 0.25) is 0 Å². The average Bonchev–Trinajstić information content (AvgIpc) is 3.12. The number of ether oxygens (including phenoxy) is 2. The quantitative estimate of drug-likeness (QED) is 0.591. The summed E-state index contributed by atoms with van der Waals surface area (Å²) in [7, 11) is 1.47. The number of piperidine rings is 1. The van der Waals surface area contributed by atoms with Gasteiger partial charge in [0, 0.05) is 18.9 Å². The maximum Gasteiger partial charge on any atom is 0.433 e. The second-order valence-electron chi connectivity index (χ2n) is 5.40. The molecule has 0 aliphatic carbocycles. The molecular formula is C15H16N4O6. The molecule has 0 N–H and O–H groups in total. The van der Waals surface area contributed by atoms with Crippen molar-refractivity contribution in [3.05, 3.63) is 40.4 Å². The van der Waals surface area contributed by atoms with Crippen LogP contribution in [0.3, 0.4) is 0 Å². The van der Waals surface area contributed by atoms with Crippen LogP contribution in [-0.2, 0) is 0 Å². The first-order valence-corrected chi connectivity index (χ1v) is 7.63. The molecule has 0 saturated carbocycles. The fraction of sp³-hybridized carbons (Fsp3) is 0.400. The van der Waals surface area contributed by atoms with E-state index in [1.54, 1.807) is 4.90 Å². The number of rotatable bonds is 5. The van der Waals surface area contributed by atoms with Gasteiger partial charge in [-0.05, 0) is 18.9 Å². The normalized spacial score (nSPS) is 17.2. The number of nitro groups is 1. The maximum atomic E-state index is 12.5. The zero-order chi connectivity index (χ0) is 17.8. The Hall–Kier alpha value is -3.17. The van der Waals surface area contributed by atoms with Crippen molar-refractivity contribution in [2.45, 2.75) is 18.9 Å². The van der Waals surface area contributed by atoms with Crippen LogP contribution >= 0.6 is 0 Å². The van der Waals surface area contributed by atoms with E-state index in [1.165, 1.54) is 25.6 Å². The van der Waals surface area contributed by atoms with Gasteiger partial charge in [0.2, 0.25) is 0 Å². The largest absolute Gasteiger partial charge is 0.477 e. The number of carbonyl (C=O) groups is 1. The van der Waals surface area contributed by atoms with Gasteiger partial charge in [0.05, 0.1) is 19.7 Å². The topological polar surface area (TPSA) is 121 Å². The van der Waals surface area contributed by atoms with Crippen LogP contribution in [-0.4, -0.2) is 52.0 Å². The second kappa shape index (κ2) is 7.16. The van der Waals surface area contributed by atoms with E-state index < -0.39 is 16.7 Å². The zero-order valence-corrected chi connectivity index (χ0v) is 13.5. The SMILES string of the molecule is COc1nccnc1OC1CCCN(C(=O)c2ccc([N+](=O)[O-])o2)C1. The van der Waals surface area contributed by atoms with Gasteiger partial charge in [-0.15, -0.1) is 0 Å².